The van der Waals surface area contributed by atoms with Crippen LogP contribution in [0.15, 0.2) is 17.5 Å². The lowest BCUT2D eigenvalue weighted by atomic mass is 9.59. The SMILES string of the molecule is CC12CCCC(CO)C1CCC2(O)c1cccs1. The molecule has 2 aliphatic carbocycles. The Kier molecular flexibility index (Phi) is 3.04. The Bertz CT molecular complexity index is 416. The van der Waals surface area contributed by atoms with Gasteiger partial charge < -0.3 is 10.2 Å². The summed E-state index contributed by atoms with van der Waals surface area (Å²) in [5.41, 5.74) is -0.719. The highest BCUT2D eigenvalue weighted by Gasteiger charge is 2.60. The molecule has 0 bridgehead atoms. The molecule has 3 rings (SSSR count). The summed E-state index contributed by atoms with van der Waals surface area (Å²) in [6.45, 7) is 2.52. The minimum absolute atomic E-state index is 0.0521. The average molecular weight is 266 g/mol. The third-order valence-corrected chi connectivity index (χ3v) is 6.60. The summed E-state index contributed by atoms with van der Waals surface area (Å²) in [6, 6.07) is 4.10. The van der Waals surface area contributed by atoms with Crippen LogP contribution >= 0.6 is 11.3 Å². The predicted octanol–water partition coefficient (Wildman–Crippen LogP) is 3.14. The van der Waals surface area contributed by atoms with Gasteiger partial charge in [0.2, 0.25) is 0 Å². The van der Waals surface area contributed by atoms with E-state index in [-0.39, 0.29) is 12.0 Å². The Balaban J connectivity index is 2.00. The van der Waals surface area contributed by atoms with Gasteiger partial charge >= 0.3 is 0 Å². The van der Waals surface area contributed by atoms with Crippen molar-refractivity contribution in [1.82, 2.24) is 0 Å². The highest BCUT2D eigenvalue weighted by molar-refractivity contribution is 7.10. The van der Waals surface area contributed by atoms with Crippen molar-refractivity contribution in [2.24, 2.45) is 17.3 Å². The number of fused-ring (bicyclic) bond motifs is 1. The van der Waals surface area contributed by atoms with Crippen LogP contribution in [-0.2, 0) is 5.60 Å². The van der Waals surface area contributed by atoms with Crippen molar-refractivity contribution in [1.29, 1.82) is 0 Å². The molecule has 2 saturated carbocycles. The van der Waals surface area contributed by atoms with Crippen LogP contribution < -0.4 is 0 Å². The van der Waals surface area contributed by atoms with Gasteiger partial charge in [-0.3, -0.25) is 0 Å². The second-order valence-electron chi connectivity index (χ2n) is 6.24. The van der Waals surface area contributed by atoms with Crippen molar-refractivity contribution < 1.29 is 10.2 Å². The first-order chi connectivity index (χ1) is 8.62. The van der Waals surface area contributed by atoms with Gasteiger partial charge in [-0.2, -0.15) is 0 Å². The van der Waals surface area contributed by atoms with Crippen LogP contribution in [0.1, 0.15) is 43.9 Å². The average Bonchev–Trinajstić information content (AvgIpc) is 2.97. The monoisotopic (exact) mass is 266 g/mol. The molecule has 2 aliphatic rings. The summed E-state index contributed by atoms with van der Waals surface area (Å²) in [5.74, 6) is 0.862. The molecule has 0 radical (unpaired) electrons. The molecule has 0 aromatic carbocycles. The van der Waals surface area contributed by atoms with Crippen molar-refractivity contribution in [3.8, 4) is 0 Å². The Morgan fingerprint density at radius 1 is 1.39 bits per heavy atom. The maximum absolute atomic E-state index is 11.2. The fourth-order valence-electron chi connectivity index (χ4n) is 4.49. The fourth-order valence-corrected chi connectivity index (χ4v) is 5.48. The summed E-state index contributed by atoms with van der Waals surface area (Å²) in [5, 5.41) is 22.9. The van der Waals surface area contributed by atoms with E-state index in [1.165, 1.54) is 0 Å². The van der Waals surface area contributed by atoms with Crippen LogP contribution in [0.3, 0.4) is 0 Å². The smallest absolute Gasteiger partial charge is 0.104 e. The molecule has 1 heterocycles. The molecule has 18 heavy (non-hydrogen) atoms. The number of thiophene rings is 1. The minimum atomic E-state index is -0.667. The van der Waals surface area contributed by atoms with Crippen molar-refractivity contribution >= 4 is 11.3 Å². The normalized spacial score (nSPS) is 43.9. The van der Waals surface area contributed by atoms with E-state index in [0.29, 0.717) is 11.8 Å². The summed E-state index contributed by atoms with van der Waals surface area (Å²) >= 11 is 1.67. The van der Waals surface area contributed by atoms with Gasteiger partial charge in [0.05, 0.1) is 0 Å². The first kappa shape index (κ1) is 12.6. The molecular formula is C15H22O2S. The van der Waals surface area contributed by atoms with E-state index in [1.54, 1.807) is 11.3 Å². The maximum atomic E-state index is 11.2. The van der Waals surface area contributed by atoms with E-state index < -0.39 is 5.60 Å². The summed E-state index contributed by atoms with van der Waals surface area (Å²) in [7, 11) is 0. The van der Waals surface area contributed by atoms with E-state index in [2.05, 4.69) is 18.4 Å². The predicted molar refractivity (Wildman–Crippen MR) is 73.5 cm³/mol. The molecule has 0 saturated heterocycles. The van der Waals surface area contributed by atoms with Crippen LogP contribution in [0, 0.1) is 17.3 Å². The third kappa shape index (κ3) is 1.54. The molecule has 0 aliphatic heterocycles. The van der Waals surface area contributed by atoms with Gasteiger partial charge in [-0.05, 0) is 49.0 Å². The Hall–Kier alpha value is -0.380. The zero-order valence-corrected chi connectivity index (χ0v) is 11.7. The van der Waals surface area contributed by atoms with Crippen LogP contribution in [0.4, 0.5) is 0 Å². The summed E-state index contributed by atoms with van der Waals surface area (Å²) in [6.07, 6.45) is 5.24. The molecule has 4 atom stereocenters. The Morgan fingerprint density at radius 3 is 2.89 bits per heavy atom. The molecule has 3 heteroatoms. The van der Waals surface area contributed by atoms with Gasteiger partial charge in [0.1, 0.15) is 5.60 Å². The quantitative estimate of drug-likeness (QED) is 0.863. The van der Waals surface area contributed by atoms with Crippen molar-refractivity contribution in [2.45, 2.75) is 44.6 Å². The van der Waals surface area contributed by atoms with Crippen molar-refractivity contribution in [2.75, 3.05) is 6.61 Å². The lowest BCUT2D eigenvalue weighted by Crippen LogP contribution is -2.46. The Morgan fingerprint density at radius 2 is 2.22 bits per heavy atom. The van der Waals surface area contributed by atoms with Gasteiger partial charge in [0.25, 0.3) is 0 Å². The van der Waals surface area contributed by atoms with E-state index in [9.17, 15) is 10.2 Å². The number of hydrogen-bond acceptors (Lipinski definition) is 3. The first-order valence-corrected chi connectivity index (χ1v) is 7.87. The minimum Gasteiger partial charge on any atom is -0.396 e. The van der Waals surface area contributed by atoms with Crippen molar-refractivity contribution in [3.05, 3.63) is 22.4 Å². The molecule has 0 amide bonds. The fraction of sp³-hybridized carbons (Fsp3) is 0.733. The van der Waals surface area contributed by atoms with Crippen LogP contribution in [0.25, 0.3) is 0 Å². The highest BCUT2D eigenvalue weighted by atomic mass is 32.1. The first-order valence-electron chi connectivity index (χ1n) is 6.99. The summed E-state index contributed by atoms with van der Waals surface area (Å²) in [4.78, 5) is 1.12. The van der Waals surface area contributed by atoms with Crippen LogP contribution in [0.5, 0.6) is 0 Å². The molecular weight excluding hydrogens is 244 g/mol. The number of aliphatic hydroxyl groups excluding tert-OH is 1. The van der Waals surface area contributed by atoms with E-state index >= 15 is 0 Å². The topological polar surface area (TPSA) is 40.5 Å². The zero-order chi connectivity index (χ0) is 12.8. The Labute approximate surface area is 113 Å². The number of rotatable bonds is 2. The molecule has 4 unspecified atom stereocenters. The molecule has 2 fully saturated rings. The second kappa shape index (κ2) is 4.32. The van der Waals surface area contributed by atoms with Gasteiger partial charge in [-0.1, -0.05) is 19.4 Å². The molecule has 1 aromatic heterocycles. The van der Waals surface area contributed by atoms with Gasteiger partial charge in [0, 0.05) is 16.9 Å². The van der Waals surface area contributed by atoms with Crippen LogP contribution in [-0.4, -0.2) is 16.8 Å². The molecule has 100 valence electrons. The van der Waals surface area contributed by atoms with Gasteiger partial charge in [-0.15, -0.1) is 11.3 Å². The zero-order valence-electron chi connectivity index (χ0n) is 10.9. The lowest BCUT2D eigenvalue weighted by Gasteiger charge is -2.48. The molecule has 0 spiro atoms. The molecule has 2 N–H and O–H groups in total. The number of hydrogen-bond donors (Lipinski definition) is 2. The third-order valence-electron chi connectivity index (χ3n) is 5.58. The maximum Gasteiger partial charge on any atom is 0.104 e. The molecule has 1 aromatic rings. The van der Waals surface area contributed by atoms with E-state index in [4.69, 9.17) is 0 Å². The standard InChI is InChI=1S/C15H22O2S/c1-14-7-2-4-11(10-16)12(14)6-8-15(14,17)13-5-3-9-18-13/h3,5,9,11-12,16-17H,2,4,6-8,10H2,1H3. The summed E-state index contributed by atoms with van der Waals surface area (Å²) < 4.78 is 0. The van der Waals surface area contributed by atoms with E-state index in [0.717, 1.165) is 37.0 Å². The molecule has 2 nitrogen and oxygen atoms in total. The van der Waals surface area contributed by atoms with Gasteiger partial charge in [0.15, 0.2) is 0 Å². The lowest BCUT2D eigenvalue weighted by molar-refractivity contribution is -0.105. The number of aliphatic hydroxyl groups is 2. The largest absolute Gasteiger partial charge is 0.396 e. The second-order valence-corrected chi connectivity index (χ2v) is 7.18. The van der Waals surface area contributed by atoms with E-state index in [1.807, 2.05) is 6.07 Å². The van der Waals surface area contributed by atoms with Crippen molar-refractivity contribution in [3.63, 3.8) is 0 Å². The van der Waals surface area contributed by atoms with Crippen LogP contribution in [0.2, 0.25) is 0 Å². The highest BCUT2D eigenvalue weighted by Crippen LogP contribution is 2.63. The van der Waals surface area contributed by atoms with Gasteiger partial charge in [-0.25, -0.2) is 0 Å².